The molecule has 0 spiro atoms. The van der Waals surface area contributed by atoms with Crippen LogP contribution in [0.3, 0.4) is 0 Å². The number of hydrogen-bond acceptors (Lipinski definition) is 5. The predicted molar refractivity (Wildman–Crippen MR) is 150 cm³/mol. The summed E-state index contributed by atoms with van der Waals surface area (Å²) in [6, 6.07) is 2.98. The lowest BCUT2D eigenvalue weighted by Crippen LogP contribution is -2.80. The highest BCUT2D eigenvalue weighted by molar-refractivity contribution is 6.31. The minimum atomic E-state index is -4.61. The fourth-order valence-electron chi connectivity index (χ4n) is 6.36. The number of halogens is 4. The lowest BCUT2D eigenvalue weighted by molar-refractivity contribution is -0.137. The van der Waals surface area contributed by atoms with Crippen molar-refractivity contribution < 1.29 is 18.0 Å². The monoisotopic (exact) mass is 572 g/mol. The molecule has 11 heteroatoms. The van der Waals surface area contributed by atoms with E-state index in [1.807, 2.05) is 0 Å². The summed E-state index contributed by atoms with van der Waals surface area (Å²) >= 11 is 5.78. The molecule has 1 aromatic carbocycles. The zero-order valence-electron chi connectivity index (χ0n) is 22.9. The Balaban J connectivity index is 1.52. The predicted octanol–water partition coefficient (Wildman–Crippen LogP) is 5.77. The Morgan fingerprint density at radius 2 is 1.77 bits per heavy atom. The number of rotatable bonds is 6. The van der Waals surface area contributed by atoms with Gasteiger partial charge in [-0.2, -0.15) is 13.2 Å². The van der Waals surface area contributed by atoms with E-state index in [1.54, 1.807) is 0 Å². The molecule has 2 saturated heterocycles. The summed E-state index contributed by atoms with van der Waals surface area (Å²) in [5.74, 6) is -0.205. The summed E-state index contributed by atoms with van der Waals surface area (Å²) in [5.41, 5.74) is -0.936. The minimum absolute atomic E-state index is 0.0107. The van der Waals surface area contributed by atoms with Gasteiger partial charge in [-0.15, -0.1) is 0 Å². The molecule has 0 aromatic heterocycles. The first kappa shape index (κ1) is 30.4. The Morgan fingerprint density at radius 3 is 2.44 bits per heavy atom. The van der Waals surface area contributed by atoms with Crippen molar-refractivity contribution in [1.82, 2.24) is 26.6 Å². The van der Waals surface area contributed by atoms with Crippen molar-refractivity contribution in [2.75, 3.05) is 25.0 Å². The first-order valence-electron chi connectivity index (χ1n) is 14.6. The second-order valence-corrected chi connectivity index (χ2v) is 12.0. The van der Waals surface area contributed by atoms with E-state index in [9.17, 15) is 18.0 Å². The number of amides is 2. The highest BCUT2D eigenvalue weighted by atomic mass is 35.5. The van der Waals surface area contributed by atoms with Gasteiger partial charge in [-0.05, 0) is 76.2 Å². The molecule has 1 aliphatic carbocycles. The Labute approximate surface area is 235 Å². The van der Waals surface area contributed by atoms with Gasteiger partial charge in [0.15, 0.2) is 5.79 Å². The standard InChI is InChI=1S/C28H44ClF3N6O/c1-19-15-25(34-18-20-9-8-14-33-17-20)37-28(36-19,21-10-6-4-2-3-5-7-11-21)38-26(39)35-22-12-13-24(29)23(16-22)27(30,31)32/h12-13,16,19-21,25,33-34,36-37H,2-11,14-15,17-18H2,1H3,(H2,35,38,39). The first-order valence-corrected chi connectivity index (χ1v) is 15.0. The lowest BCUT2D eigenvalue weighted by atomic mass is 9.86. The summed E-state index contributed by atoms with van der Waals surface area (Å²) in [5, 5.41) is 19.9. The maximum absolute atomic E-state index is 13.4. The number of nitrogens with one attached hydrogen (secondary N) is 6. The molecule has 7 nitrogen and oxygen atoms in total. The molecule has 4 atom stereocenters. The SMILES string of the molecule is CC1CC(NCC2CCCNC2)NC(NC(=O)Nc2ccc(Cl)c(C(F)(F)F)c2)(C2CCCCCCCC2)N1. The Hall–Kier alpha value is -1.59. The Morgan fingerprint density at radius 1 is 1.05 bits per heavy atom. The van der Waals surface area contributed by atoms with Crippen molar-refractivity contribution in [3.05, 3.63) is 28.8 Å². The molecule has 220 valence electrons. The van der Waals surface area contributed by atoms with Crippen LogP contribution in [0.25, 0.3) is 0 Å². The molecule has 2 amide bonds. The van der Waals surface area contributed by atoms with E-state index in [0.29, 0.717) is 5.92 Å². The minimum Gasteiger partial charge on any atom is -0.316 e. The van der Waals surface area contributed by atoms with Gasteiger partial charge in [0.1, 0.15) is 0 Å². The van der Waals surface area contributed by atoms with E-state index >= 15 is 0 Å². The molecule has 4 unspecified atom stereocenters. The van der Waals surface area contributed by atoms with Crippen molar-refractivity contribution in [2.24, 2.45) is 11.8 Å². The summed E-state index contributed by atoms with van der Waals surface area (Å²) < 4.78 is 40.2. The van der Waals surface area contributed by atoms with Gasteiger partial charge in [0, 0.05) is 24.2 Å². The molecular weight excluding hydrogens is 529 g/mol. The summed E-state index contributed by atoms with van der Waals surface area (Å²) in [4.78, 5) is 13.4. The molecule has 1 saturated carbocycles. The molecule has 1 aromatic rings. The van der Waals surface area contributed by atoms with Gasteiger partial charge in [0.25, 0.3) is 0 Å². The molecule has 0 bridgehead atoms. The van der Waals surface area contributed by atoms with Crippen LogP contribution in [-0.4, -0.2) is 43.7 Å². The third-order valence-electron chi connectivity index (χ3n) is 8.32. The van der Waals surface area contributed by atoms with Crippen LogP contribution in [0.1, 0.15) is 83.1 Å². The number of piperidine rings is 1. The lowest BCUT2D eigenvalue weighted by Gasteiger charge is -2.51. The molecule has 4 rings (SSSR count). The van der Waals surface area contributed by atoms with Crippen molar-refractivity contribution in [2.45, 2.75) is 102 Å². The topological polar surface area (TPSA) is 89.2 Å². The second-order valence-electron chi connectivity index (χ2n) is 11.6. The van der Waals surface area contributed by atoms with Crippen molar-refractivity contribution >= 4 is 23.3 Å². The molecule has 3 aliphatic rings. The number of alkyl halides is 3. The van der Waals surface area contributed by atoms with Gasteiger partial charge in [-0.1, -0.05) is 50.1 Å². The van der Waals surface area contributed by atoms with Crippen LogP contribution in [0.4, 0.5) is 23.7 Å². The van der Waals surface area contributed by atoms with Gasteiger partial charge in [0.2, 0.25) is 0 Å². The highest BCUT2D eigenvalue weighted by Crippen LogP contribution is 2.36. The number of urea groups is 1. The van der Waals surface area contributed by atoms with E-state index in [4.69, 9.17) is 11.6 Å². The Bertz CT molecular complexity index is 934. The highest BCUT2D eigenvalue weighted by Gasteiger charge is 2.45. The second kappa shape index (κ2) is 13.9. The molecule has 2 aliphatic heterocycles. The van der Waals surface area contributed by atoms with Crippen LogP contribution in [0.2, 0.25) is 5.02 Å². The largest absolute Gasteiger partial charge is 0.417 e. The molecular formula is C28H44ClF3N6O. The number of carbonyl (C=O) groups excluding carboxylic acids is 1. The number of anilines is 1. The van der Waals surface area contributed by atoms with Crippen LogP contribution in [0.15, 0.2) is 18.2 Å². The maximum Gasteiger partial charge on any atom is 0.417 e. The van der Waals surface area contributed by atoms with Crippen molar-refractivity contribution in [3.63, 3.8) is 0 Å². The average Bonchev–Trinajstić information content (AvgIpc) is 3.03. The number of benzene rings is 1. The van der Waals surface area contributed by atoms with Crippen molar-refractivity contribution in [1.29, 1.82) is 0 Å². The quantitative estimate of drug-likeness (QED) is 0.260. The van der Waals surface area contributed by atoms with E-state index in [2.05, 4.69) is 38.8 Å². The third kappa shape index (κ3) is 8.70. The van der Waals surface area contributed by atoms with Crippen LogP contribution < -0.4 is 31.9 Å². The van der Waals surface area contributed by atoms with Gasteiger partial charge < -0.3 is 21.3 Å². The maximum atomic E-state index is 13.4. The molecule has 6 N–H and O–H groups in total. The average molecular weight is 573 g/mol. The van der Waals surface area contributed by atoms with Gasteiger partial charge in [-0.25, -0.2) is 4.79 Å². The fraction of sp³-hybridized carbons (Fsp3) is 0.750. The molecule has 3 fully saturated rings. The van der Waals surface area contributed by atoms with Gasteiger partial charge in [-0.3, -0.25) is 10.6 Å². The van der Waals surface area contributed by atoms with Crippen LogP contribution in [0, 0.1) is 11.8 Å². The normalized spacial score (nSPS) is 29.6. The van der Waals surface area contributed by atoms with E-state index in [1.165, 1.54) is 31.7 Å². The summed E-state index contributed by atoms with van der Waals surface area (Å²) in [7, 11) is 0. The molecule has 2 heterocycles. The van der Waals surface area contributed by atoms with Gasteiger partial charge >= 0.3 is 12.2 Å². The number of carbonyl (C=O) groups is 1. The van der Waals surface area contributed by atoms with Crippen LogP contribution in [0.5, 0.6) is 0 Å². The smallest absolute Gasteiger partial charge is 0.316 e. The van der Waals surface area contributed by atoms with E-state index < -0.39 is 28.6 Å². The van der Waals surface area contributed by atoms with Crippen molar-refractivity contribution in [3.8, 4) is 0 Å². The van der Waals surface area contributed by atoms with Crippen LogP contribution in [-0.2, 0) is 6.18 Å². The fourth-order valence-corrected chi connectivity index (χ4v) is 6.58. The zero-order chi connectivity index (χ0) is 27.9. The van der Waals surface area contributed by atoms with E-state index in [0.717, 1.165) is 76.7 Å². The third-order valence-corrected chi connectivity index (χ3v) is 8.65. The van der Waals surface area contributed by atoms with Crippen LogP contribution >= 0.6 is 11.6 Å². The zero-order valence-corrected chi connectivity index (χ0v) is 23.6. The first-order chi connectivity index (χ1) is 18.6. The molecule has 0 radical (unpaired) electrons. The Kier molecular flexibility index (Phi) is 10.8. The summed E-state index contributed by atoms with van der Waals surface area (Å²) in [6.07, 6.45) is 7.42. The van der Waals surface area contributed by atoms with E-state index in [-0.39, 0.29) is 23.8 Å². The number of hydrogen-bond donors (Lipinski definition) is 6. The summed E-state index contributed by atoms with van der Waals surface area (Å²) in [6.45, 7) is 5.08. The molecule has 39 heavy (non-hydrogen) atoms. The van der Waals surface area contributed by atoms with Gasteiger partial charge in [0.05, 0.1) is 16.8 Å².